The number of rotatable bonds is 1. The average Bonchev–Trinajstić information content (AvgIpc) is 4.00. The van der Waals surface area contributed by atoms with Crippen molar-refractivity contribution in [3.63, 3.8) is 0 Å². The summed E-state index contributed by atoms with van der Waals surface area (Å²) in [7, 11) is 0. The second kappa shape index (κ2) is 12.1. The zero-order valence-electron chi connectivity index (χ0n) is 37.6. The molecule has 8 aromatic carbocycles. The quantitative estimate of drug-likeness (QED) is 0.149. The van der Waals surface area contributed by atoms with Crippen molar-refractivity contribution in [1.82, 2.24) is 4.57 Å². The van der Waals surface area contributed by atoms with E-state index in [0.29, 0.717) is 0 Å². The van der Waals surface area contributed by atoms with E-state index in [0.717, 1.165) is 0 Å². The Balaban J connectivity index is 1.23. The maximum atomic E-state index is 2.75. The predicted molar refractivity (Wildman–Crippen MR) is 281 cm³/mol. The summed E-state index contributed by atoms with van der Waals surface area (Å²) in [5, 5.41) is 8.15. The zero-order valence-corrected chi connectivity index (χ0v) is 39.2. The highest BCUT2D eigenvalue weighted by Crippen LogP contribution is 2.57. The van der Waals surface area contributed by atoms with Crippen LogP contribution in [0, 0.1) is 0 Å². The molecule has 0 fully saturated rings. The minimum absolute atomic E-state index is 0.00405. The standard InChI is InChI=1S/C59H47BN2S2/c1-57(2,3)32-21-24-34(25-22-32)62-46-30-43-38(35-15-9-12-18-42(35)59(43,7)8)28-41(46)53-54-55-51(52-37-17-11-14-20-49(37)64-56(52)53)40-27-33(58(4,5)6)23-26-45(40)61(55)47-31-50-39(29-44(47)60(54)62)36-16-10-13-19-48(36)63-50/h9-31H,1-8H3. The van der Waals surface area contributed by atoms with Gasteiger partial charge in [0.15, 0.2) is 0 Å². The molecule has 0 atom stereocenters. The van der Waals surface area contributed by atoms with Crippen LogP contribution < -0.4 is 15.7 Å². The van der Waals surface area contributed by atoms with Gasteiger partial charge < -0.3 is 9.38 Å². The average molecular weight is 859 g/mol. The summed E-state index contributed by atoms with van der Waals surface area (Å²) >= 11 is 3.91. The molecule has 308 valence electrons. The largest absolute Gasteiger partial charge is 0.376 e. The molecular weight excluding hydrogens is 812 g/mol. The van der Waals surface area contributed by atoms with Gasteiger partial charge in [0.25, 0.3) is 0 Å². The first kappa shape index (κ1) is 37.3. The number of anilines is 2. The lowest BCUT2D eigenvalue weighted by molar-refractivity contribution is 0.590. The van der Waals surface area contributed by atoms with Crippen molar-refractivity contribution in [2.24, 2.45) is 0 Å². The molecule has 0 amide bonds. The number of nitrogens with zero attached hydrogens (tertiary/aromatic N) is 2. The number of hydrogen-bond acceptors (Lipinski definition) is 3. The number of aromatic nitrogens is 1. The van der Waals surface area contributed by atoms with Gasteiger partial charge in [-0.05, 0) is 110 Å². The lowest BCUT2D eigenvalue weighted by atomic mass is 9.43. The van der Waals surface area contributed by atoms with Crippen LogP contribution >= 0.6 is 22.7 Å². The summed E-state index contributed by atoms with van der Waals surface area (Å²) in [6, 6.07) is 54.6. The molecule has 64 heavy (non-hydrogen) atoms. The second-order valence-corrected chi connectivity index (χ2v) is 23.4. The van der Waals surface area contributed by atoms with Crippen LogP contribution in [0.5, 0.6) is 0 Å². The first-order valence-corrected chi connectivity index (χ1v) is 24.5. The molecule has 0 radical (unpaired) electrons. The van der Waals surface area contributed by atoms with Crippen LogP contribution in [0.25, 0.3) is 90.1 Å². The Morgan fingerprint density at radius 3 is 1.97 bits per heavy atom. The highest BCUT2D eigenvalue weighted by molar-refractivity contribution is 7.27. The molecule has 11 aromatic rings. The summed E-state index contributed by atoms with van der Waals surface area (Å²) in [4.78, 5) is 2.75. The maximum absolute atomic E-state index is 2.75. The Labute approximate surface area is 382 Å². The van der Waals surface area contributed by atoms with E-state index in [1.807, 2.05) is 22.7 Å². The fourth-order valence-electron chi connectivity index (χ4n) is 12.1. The first-order chi connectivity index (χ1) is 30.8. The van der Waals surface area contributed by atoms with Gasteiger partial charge in [0.1, 0.15) is 0 Å². The van der Waals surface area contributed by atoms with Crippen LogP contribution in [-0.4, -0.2) is 11.4 Å². The Morgan fingerprint density at radius 1 is 0.516 bits per heavy atom. The van der Waals surface area contributed by atoms with E-state index in [9.17, 15) is 0 Å². The van der Waals surface area contributed by atoms with Gasteiger partial charge in [0.05, 0.1) is 11.0 Å². The highest BCUT2D eigenvalue weighted by atomic mass is 32.1. The highest BCUT2D eigenvalue weighted by Gasteiger charge is 2.47. The van der Waals surface area contributed by atoms with Gasteiger partial charge in [-0.15, -0.1) is 22.7 Å². The van der Waals surface area contributed by atoms with Gasteiger partial charge in [-0.1, -0.05) is 140 Å². The molecule has 0 N–H and O–H groups in total. The van der Waals surface area contributed by atoms with Crippen LogP contribution in [0.3, 0.4) is 0 Å². The van der Waals surface area contributed by atoms with E-state index in [1.165, 1.54) is 135 Å². The summed E-state index contributed by atoms with van der Waals surface area (Å²) in [6.07, 6.45) is 0. The third-order valence-corrected chi connectivity index (χ3v) is 17.6. The smallest absolute Gasteiger partial charge is 0.333 e. The molecule has 3 aliphatic rings. The van der Waals surface area contributed by atoms with Crippen LogP contribution in [-0.2, 0) is 16.2 Å². The summed E-state index contributed by atoms with van der Waals surface area (Å²) in [5.74, 6) is 0. The summed E-state index contributed by atoms with van der Waals surface area (Å²) in [5.41, 5.74) is 20.1. The molecule has 2 nitrogen and oxygen atoms in total. The van der Waals surface area contributed by atoms with Crippen LogP contribution in [0.1, 0.15) is 77.6 Å². The molecule has 1 aliphatic carbocycles. The van der Waals surface area contributed by atoms with Gasteiger partial charge in [0, 0.05) is 84.7 Å². The molecule has 14 rings (SSSR count). The van der Waals surface area contributed by atoms with E-state index in [4.69, 9.17) is 0 Å². The van der Waals surface area contributed by atoms with Crippen LogP contribution in [0.4, 0.5) is 11.4 Å². The molecule has 5 heterocycles. The number of thiophene rings is 2. The molecular formula is C59H47BN2S2. The van der Waals surface area contributed by atoms with Gasteiger partial charge >= 0.3 is 6.85 Å². The normalized spacial score (nSPS) is 14.9. The third-order valence-electron chi connectivity index (χ3n) is 15.3. The van der Waals surface area contributed by atoms with Gasteiger partial charge in [-0.3, -0.25) is 0 Å². The van der Waals surface area contributed by atoms with E-state index < -0.39 is 0 Å². The number of fused-ring (bicyclic) bond motifs is 19. The molecule has 5 heteroatoms. The fourth-order valence-corrected chi connectivity index (χ4v) is 14.5. The van der Waals surface area contributed by atoms with E-state index in [1.54, 1.807) is 0 Å². The van der Waals surface area contributed by atoms with Crippen molar-refractivity contribution in [1.29, 1.82) is 0 Å². The first-order valence-electron chi connectivity index (χ1n) is 22.9. The van der Waals surface area contributed by atoms with Crippen molar-refractivity contribution >= 4 is 114 Å². The number of benzene rings is 8. The monoisotopic (exact) mass is 858 g/mol. The molecule has 0 saturated heterocycles. The minimum atomic E-state index is -0.150. The predicted octanol–water partition coefficient (Wildman–Crippen LogP) is 15.7. The SMILES string of the molecule is CC(C)(C)c1ccc(N2B3c4cc5c(cc4-n4c6ccc(C(C)(C)C)cc6c6c7c(sc8ccccc87)c(c3c64)-c3cc4c(cc32)C(C)(C)c2ccccc2-4)sc2ccccc25)cc1. The lowest BCUT2D eigenvalue weighted by Crippen LogP contribution is -2.60. The number of hydrogen-bond donors (Lipinski definition) is 0. The maximum Gasteiger partial charge on any atom is 0.333 e. The zero-order chi connectivity index (χ0) is 43.3. The van der Waals surface area contributed by atoms with Crippen LogP contribution in [0.15, 0.2) is 140 Å². The van der Waals surface area contributed by atoms with Gasteiger partial charge in [0.2, 0.25) is 0 Å². The topological polar surface area (TPSA) is 8.17 Å². The second-order valence-electron chi connectivity index (χ2n) is 21.3. The molecule has 2 aliphatic heterocycles. The van der Waals surface area contributed by atoms with Gasteiger partial charge in [-0.25, -0.2) is 0 Å². The van der Waals surface area contributed by atoms with Crippen molar-refractivity contribution in [2.45, 2.75) is 71.6 Å². The molecule has 0 bridgehead atoms. The third kappa shape index (κ3) is 4.66. The molecule has 0 spiro atoms. The van der Waals surface area contributed by atoms with Crippen molar-refractivity contribution < 1.29 is 0 Å². The Bertz CT molecular complexity index is 3900. The Kier molecular flexibility index (Phi) is 7.07. The van der Waals surface area contributed by atoms with Crippen molar-refractivity contribution in [3.05, 3.63) is 162 Å². The molecule has 0 unspecified atom stereocenters. The Morgan fingerprint density at radius 2 is 1.20 bits per heavy atom. The van der Waals surface area contributed by atoms with Crippen LogP contribution in [0.2, 0.25) is 0 Å². The Hall–Kier alpha value is -6.14. The van der Waals surface area contributed by atoms with Gasteiger partial charge in [-0.2, -0.15) is 0 Å². The van der Waals surface area contributed by atoms with Crippen molar-refractivity contribution in [3.8, 4) is 27.9 Å². The fraction of sp³-hybridized carbons (Fsp3) is 0.186. The van der Waals surface area contributed by atoms with E-state index in [2.05, 4.69) is 204 Å². The molecule has 0 saturated carbocycles. The molecule has 3 aromatic heterocycles. The van der Waals surface area contributed by atoms with Crippen molar-refractivity contribution in [2.75, 3.05) is 4.81 Å². The van der Waals surface area contributed by atoms with E-state index in [-0.39, 0.29) is 23.1 Å². The minimum Gasteiger partial charge on any atom is -0.376 e. The summed E-state index contributed by atoms with van der Waals surface area (Å²) in [6.45, 7) is 18.8. The lowest BCUT2D eigenvalue weighted by Gasteiger charge is -2.43. The van der Waals surface area contributed by atoms with E-state index >= 15 is 0 Å². The summed E-state index contributed by atoms with van der Waals surface area (Å²) < 4.78 is 8.10.